The summed E-state index contributed by atoms with van der Waals surface area (Å²) in [5.74, 6) is 0. The van der Waals surface area contributed by atoms with E-state index in [1.807, 2.05) is 24.3 Å². The first-order valence-electron chi connectivity index (χ1n) is 4.41. The number of nitrogens with one attached hydrogen (secondary N) is 1. The highest BCUT2D eigenvalue weighted by Crippen LogP contribution is 2.22. The molecule has 0 aromatic heterocycles. The molecule has 0 fully saturated rings. The molecule has 0 heterocycles. The number of hydrogen-bond acceptors (Lipinski definition) is 1. The van der Waals surface area contributed by atoms with Gasteiger partial charge in [0.1, 0.15) is 0 Å². The highest BCUT2D eigenvalue weighted by Gasteiger charge is 2.02. The molecule has 1 N–H and O–H groups in total. The zero-order chi connectivity index (χ0) is 9.68. The van der Waals surface area contributed by atoms with Crippen LogP contribution in [0.4, 0.5) is 5.69 Å². The molecule has 0 bridgehead atoms. The van der Waals surface area contributed by atoms with Gasteiger partial charge in [-0.3, -0.25) is 0 Å². The molecule has 1 atom stereocenters. The highest BCUT2D eigenvalue weighted by atomic mass is 79.9. The van der Waals surface area contributed by atoms with Crippen LogP contribution in [0.2, 0.25) is 0 Å². The van der Waals surface area contributed by atoms with Crippen molar-refractivity contribution >= 4 is 21.6 Å². The average Bonchev–Trinajstić information content (AvgIpc) is 2.17. The summed E-state index contributed by atoms with van der Waals surface area (Å²) in [7, 11) is 0. The molecule has 13 heavy (non-hydrogen) atoms. The van der Waals surface area contributed by atoms with Crippen LogP contribution in [0.1, 0.15) is 13.3 Å². The second-order valence-electron chi connectivity index (χ2n) is 2.87. The topological polar surface area (TPSA) is 12.0 Å². The lowest BCUT2D eigenvalue weighted by molar-refractivity contribution is 0.834. The monoisotopic (exact) mass is 239 g/mol. The van der Waals surface area contributed by atoms with Crippen LogP contribution >= 0.6 is 15.9 Å². The summed E-state index contributed by atoms with van der Waals surface area (Å²) in [5.41, 5.74) is 1.12. The zero-order valence-electron chi connectivity index (χ0n) is 7.76. The third-order valence-corrected chi connectivity index (χ3v) is 2.63. The predicted octanol–water partition coefficient (Wildman–Crippen LogP) is 3.83. The van der Waals surface area contributed by atoms with Gasteiger partial charge in [-0.05, 0) is 34.5 Å². The summed E-state index contributed by atoms with van der Waals surface area (Å²) in [6.45, 7) is 5.91. The Hall–Kier alpha value is -0.760. The van der Waals surface area contributed by atoms with E-state index in [2.05, 4.69) is 40.8 Å². The van der Waals surface area contributed by atoms with Crippen molar-refractivity contribution in [3.05, 3.63) is 41.4 Å². The van der Waals surface area contributed by atoms with Gasteiger partial charge in [0.2, 0.25) is 0 Å². The van der Waals surface area contributed by atoms with Crippen molar-refractivity contribution in [2.75, 3.05) is 5.32 Å². The van der Waals surface area contributed by atoms with Crippen molar-refractivity contribution in [1.29, 1.82) is 0 Å². The first-order chi connectivity index (χ1) is 6.27. The van der Waals surface area contributed by atoms with E-state index in [-0.39, 0.29) is 0 Å². The minimum atomic E-state index is 0.346. The summed E-state index contributed by atoms with van der Waals surface area (Å²) in [5, 5.41) is 3.38. The Bertz CT molecular complexity index is 283. The van der Waals surface area contributed by atoms with Gasteiger partial charge in [0.15, 0.2) is 0 Å². The fraction of sp³-hybridized carbons (Fsp3) is 0.273. The molecule has 0 radical (unpaired) electrons. The number of halogens is 1. The Morgan fingerprint density at radius 1 is 1.54 bits per heavy atom. The molecule has 0 unspecified atom stereocenters. The largest absolute Gasteiger partial charge is 0.378 e. The molecular formula is C11H14BrN. The van der Waals surface area contributed by atoms with Gasteiger partial charge >= 0.3 is 0 Å². The lowest BCUT2D eigenvalue weighted by atomic mass is 10.2. The van der Waals surface area contributed by atoms with Gasteiger partial charge in [-0.25, -0.2) is 0 Å². The Morgan fingerprint density at radius 3 is 2.77 bits per heavy atom. The molecule has 0 aliphatic heterocycles. The smallest absolute Gasteiger partial charge is 0.0489 e. The van der Waals surface area contributed by atoms with Crippen LogP contribution in [-0.4, -0.2) is 6.04 Å². The molecule has 2 heteroatoms. The molecular weight excluding hydrogens is 226 g/mol. The van der Waals surface area contributed by atoms with Gasteiger partial charge in [0.05, 0.1) is 0 Å². The Morgan fingerprint density at radius 2 is 2.23 bits per heavy atom. The molecule has 70 valence electrons. The van der Waals surface area contributed by atoms with Crippen LogP contribution < -0.4 is 5.32 Å². The van der Waals surface area contributed by atoms with E-state index in [1.165, 1.54) is 0 Å². The van der Waals surface area contributed by atoms with E-state index in [1.54, 1.807) is 0 Å². The summed E-state index contributed by atoms with van der Waals surface area (Å²) in [6, 6.07) is 8.44. The van der Waals surface area contributed by atoms with Crippen LogP contribution in [0.3, 0.4) is 0 Å². The van der Waals surface area contributed by atoms with E-state index in [0.717, 1.165) is 16.6 Å². The molecule has 1 aromatic rings. The average molecular weight is 240 g/mol. The molecule has 0 amide bonds. The summed E-state index contributed by atoms with van der Waals surface area (Å²) in [4.78, 5) is 0. The standard InChI is InChI=1S/C11H14BrN/c1-3-9(4-2)13-11-8-6-5-7-10(11)12/h3,5-9,13H,1,4H2,2H3/t9-/m1/s1. The fourth-order valence-corrected chi connectivity index (χ4v) is 1.50. The minimum absolute atomic E-state index is 0.346. The maximum absolute atomic E-state index is 3.78. The quantitative estimate of drug-likeness (QED) is 0.788. The van der Waals surface area contributed by atoms with Gasteiger partial charge in [0.25, 0.3) is 0 Å². The van der Waals surface area contributed by atoms with Crippen LogP contribution in [0.15, 0.2) is 41.4 Å². The lowest BCUT2D eigenvalue weighted by Gasteiger charge is -2.14. The Labute approximate surface area is 88.0 Å². The first-order valence-corrected chi connectivity index (χ1v) is 5.20. The van der Waals surface area contributed by atoms with Gasteiger partial charge < -0.3 is 5.32 Å². The van der Waals surface area contributed by atoms with E-state index in [4.69, 9.17) is 0 Å². The van der Waals surface area contributed by atoms with Crippen LogP contribution in [0.5, 0.6) is 0 Å². The van der Waals surface area contributed by atoms with Gasteiger partial charge in [-0.15, -0.1) is 6.58 Å². The van der Waals surface area contributed by atoms with Crippen molar-refractivity contribution in [2.24, 2.45) is 0 Å². The molecule has 0 saturated carbocycles. The SMILES string of the molecule is C=C[C@H](CC)Nc1ccccc1Br. The normalized spacial score (nSPS) is 12.2. The fourth-order valence-electron chi connectivity index (χ4n) is 1.11. The maximum atomic E-state index is 3.78. The highest BCUT2D eigenvalue weighted by molar-refractivity contribution is 9.10. The van der Waals surface area contributed by atoms with Crippen LogP contribution in [0.25, 0.3) is 0 Å². The van der Waals surface area contributed by atoms with Crippen molar-refractivity contribution in [3.8, 4) is 0 Å². The van der Waals surface area contributed by atoms with E-state index < -0.39 is 0 Å². The third kappa shape index (κ3) is 2.88. The number of benzene rings is 1. The zero-order valence-corrected chi connectivity index (χ0v) is 9.34. The van der Waals surface area contributed by atoms with Gasteiger partial charge in [-0.1, -0.05) is 25.1 Å². The summed E-state index contributed by atoms with van der Waals surface area (Å²) < 4.78 is 1.09. The van der Waals surface area contributed by atoms with Crippen molar-refractivity contribution < 1.29 is 0 Å². The van der Waals surface area contributed by atoms with Crippen molar-refractivity contribution in [2.45, 2.75) is 19.4 Å². The first kappa shape index (κ1) is 10.3. The molecule has 0 aliphatic carbocycles. The number of para-hydroxylation sites is 1. The van der Waals surface area contributed by atoms with E-state index in [0.29, 0.717) is 6.04 Å². The molecule has 0 aliphatic rings. The van der Waals surface area contributed by atoms with Gasteiger partial charge in [-0.2, -0.15) is 0 Å². The van der Waals surface area contributed by atoms with Gasteiger partial charge in [0, 0.05) is 16.2 Å². The molecule has 1 rings (SSSR count). The second-order valence-corrected chi connectivity index (χ2v) is 3.73. The number of rotatable bonds is 4. The molecule has 1 nitrogen and oxygen atoms in total. The predicted molar refractivity (Wildman–Crippen MR) is 62.0 cm³/mol. The number of anilines is 1. The lowest BCUT2D eigenvalue weighted by Crippen LogP contribution is -2.14. The summed E-state index contributed by atoms with van der Waals surface area (Å²) >= 11 is 3.49. The van der Waals surface area contributed by atoms with E-state index >= 15 is 0 Å². The summed E-state index contributed by atoms with van der Waals surface area (Å²) in [6.07, 6.45) is 2.98. The van der Waals surface area contributed by atoms with Crippen LogP contribution in [0, 0.1) is 0 Å². The van der Waals surface area contributed by atoms with Crippen LogP contribution in [-0.2, 0) is 0 Å². The third-order valence-electron chi connectivity index (χ3n) is 1.94. The van der Waals surface area contributed by atoms with E-state index in [9.17, 15) is 0 Å². The maximum Gasteiger partial charge on any atom is 0.0489 e. The Balaban J connectivity index is 2.73. The minimum Gasteiger partial charge on any atom is -0.378 e. The second kappa shape index (κ2) is 5.07. The number of hydrogen-bond donors (Lipinski definition) is 1. The van der Waals surface area contributed by atoms with Crippen molar-refractivity contribution in [3.63, 3.8) is 0 Å². The molecule has 0 saturated heterocycles. The van der Waals surface area contributed by atoms with Crippen molar-refractivity contribution in [1.82, 2.24) is 0 Å². The molecule has 1 aromatic carbocycles. The molecule has 0 spiro atoms. The Kier molecular flexibility index (Phi) is 4.03.